The SMILES string of the molecule is c1ccc2c(c1)CSCC2NCCN1CCOCC1. The predicted molar refractivity (Wildman–Crippen MR) is 80.6 cm³/mol. The van der Waals surface area contributed by atoms with Crippen LogP contribution in [0.2, 0.25) is 0 Å². The summed E-state index contributed by atoms with van der Waals surface area (Å²) in [4.78, 5) is 2.48. The molecule has 1 saturated heterocycles. The summed E-state index contributed by atoms with van der Waals surface area (Å²) in [5, 5.41) is 3.72. The van der Waals surface area contributed by atoms with E-state index in [-0.39, 0.29) is 0 Å². The van der Waals surface area contributed by atoms with Gasteiger partial charge in [-0.2, -0.15) is 11.8 Å². The number of thioether (sulfide) groups is 1. The molecule has 2 aliphatic heterocycles. The van der Waals surface area contributed by atoms with Gasteiger partial charge in [-0.25, -0.2) is 0 Å². The molecule has 19 heavy (non-hydrogen) atoms. The lowest BCUT2D eigenvalue weighted by Gasteiger charge is -2.29. The Kier molecular flexibility index (Phi) is 4.77. The van der Waals surface area contributed by atoms with Gasteiger partial charge in [-0.1, -0.05) is 24.3 Å². The van der Waals surface area contributed by atoms with Crippen LogP contribution in [-0.2, 0) is 10.5 Å². The van der Waals surface area contributed by atoms with Crippen molar-refractivity contribution >= 4 is 11.8 Å². The Hall–Kier alpha value is -0.550. The van der Waals surface area contributed by atoms with Gasteiger partial charge in [0.2, 0.25) is 0 Å². The highest BCUT2D eigenvalue weighted by atomic mass is 32.2. The fourth-order valence-electron chi connectivity index (χ4n) is 2.77. The Morgan fingerprint density at radius 1 is 1.26 bits per heavy atom. The summed E-state index contributed by atoms with van der Waals surface area (Å²) in [6, 6.07) is 9.37. The molecule has 1 aromatic carbocycles. The molecule has 3 nitrogen and oxygen atoms in total. The zero-order valence-corrected chi connectivity index (χ0v) is 12.1. The van der Waals surface area contributed by atoms with Crippen molar-refractivity contribution in [3.8, 4) is 0 Å². The van der Waals surface area contributed by atoms with Gasteiger partial charge in [0.1, 0.15) is 0 Å². The molecule has 2 aliphatic rings. The monoisotopic (exact) mass is 278 g/mol. The highest BCUT2D eigenvalue weighted by Crippen LogP contribution is 2.31. The average molecular weight is 278 g/mol. The van der Waals surface area contributed by atoms with E-state index in [2.05, 4.69) is 34.5 Å². The van der Waals surface area contributed by atoms with Crippen LogP contribution in [0.1, 0.15) is 17.2 Å². The van der Waals surface area contributed by atoms with Crippen LogP contribution in [0.3, 0.4) is 0 Å². The molecule has 0 bridgehead atoms. The van der Waals surface area contributed by atoms with Gasteiger partial charge in [-0.05, 0) is 11.1 Å². The van der Waals surface area contributed by atoms with E-state index < -0.39 is 0 Å². The number of hydrogen-bond donors (Lipinski definition) is 1. The number of morpholine rings is 1. The molecule has 0 amide bonds. The third-order valence-electron chi connectivity index (χ3n) is 3.90. The van der Waals surface area contributed by atoms with Crippen molar-refractivity contribution in [3.63, 3.8) is 0 Å². The molecule has 2 heterocycles. The molecule has 104 valence electrons. The van der Waals surface area contributed by atoms with Gasteiger partial charge in [0.05, 0.1) is 13.2 Å². The lowest BCUT2D eigenvalue weighted by atomic mass is 10.0. The first-order chi connectivity index (χ1) is 9.43. The molecule has 0 aliphatic carbocycles. The summed E-state index contributed by atoms with van der Waals surface area (Å²) in [7, 11) is 0. The van der Waals surface area contributed by atoms with Gasteiger partial charge in [-0.15, -0.1) is 0 Å². The van der Waals surface area contributed by atoms with Crippen molar-refractivity contribution in [2.24, 2.45) is 0 Å². The summed E-state index contributed by atoms with van der Waals surface area (Å²) in [6.45, 7) is 6.14. The van der Waals surface area contributed by atoms with Gasteiger partial charge in [-0.3, -0.25) is 4.90 Å². The zero-order valence-electron chi connectivity index (χ0n) is 11.3. The molecular weight excluding hydrogens is 256 g/mol. The summed E-state index contributed by atoms with van der Waals surface area (Å²) in [5.41, 5.74) is 3.01. The first kappa shape index (κ1) is 13.4. The molecule has 0 spiro atoms. The van der Waals surface area contributed by atoms with Crippen LogP contribution in [0.15, 0.2) is 24.3 Å². The fraction of sp³-hybridized carbons (Fsp3) is 0.600. The number of nitrogens with one attached hydrogen (secondary N) is 1. The molecule has 3 rings (SSSR count). The number of ether oxygens (including phenoxy) is 1. The number of hydrogen-bond acceptors (Lipinski definition) is 4. The van der Waals surface area contributed by atoms with Crippen molar-refractivity contribution in [2.75, 3.05) is 45.1 Å². The molecule has 1 unspecified atom stereocenters. The first-order valence-electron chi connectivity index (χ1n) is 7.12. The molecule has 1 aromatic rings. The Labute approximate surface area is 119 Å². The van der Waals surface area contributed by atoms with E-state index in [0.717, 1.165) is 45.1 Å². The van der Waals surface area contributed by atoms with Crippen LogP contribution < -0.4 is 5.32 Å². The van der Waals surface area contributed by atoms with Gasteiger partial charge < -0.3 is 10.1 Å². The van der Waals surface area contributed by atoms with Crippen molar-refractivity contribution in [3.05, 3.63) is 35.4 Å². The summed E-state index contributed by atoms with van der Waals surface area (Å²) in [6.07, 6.45) is 0. The molecule has 0 saturated carbocycles. The smallest absolute Gasteiger partial charge is 0.0594 e. The highest BCUT2D eigenvalue weighted by molar-refractivity contribution is 7.98. The average Bonchev–Trinajstić information content (AvgIpc) is 2.49. The van der Waals surface area contributed by atoms with E-state index in [9.17, 15) is 0 Å². The Morgan fingerprint density at radius 3 is 3.00 bits per heavy atom. The molecule has 0 aromatic heterocycles. The summed E-state index contributed by atoms with van der Waals surface area (Å²) in [5.74, 6) is 2.36. The maximum absolute atomic E-state index is 5.38. The molecule has 0 radical (unpaired) electrons. The van der Waals surface area contributed by atoms with Crippen molar-refractivity contribution < 1.29 is 4.74 Å². The van der Waals surface area contributed by atoms with Crippen LogP contribution in [0.4, 0.5) is 0 Å². The molecule has 1 N–H and O–H groups in total. The van der Waals surface area contributed by atoms with Crippen LogP contribution in [-0.4, -0.2) is 50.0 Å². The topological polar surface area (TPSA) is 24.5 Å². The minimum atomic E-state index is 0.524. The van der Waals surface area contributed by atoms with Crippen molar-refractivity contribution in [1.29, 1.82) is 0 Å². The molecule has 4 heteroatoms. The minimum absolute atomic E-state index is 0.524. The van der Waals surface area contributed by atoms with Gasteiger partial charge in [0.25, 0.3) is 0 Å². The lowest BCUT2D eigenvalue weighted by molar-refractivity contribution is 0.0382. The van der Waals surface area contributed by atoms with E-state index in [4.69, 9.17) is 4.74 Å². The Morgan fingerprint density at radius 2 is 2.11 bits per heavy atom. The maximum atomic E-state index is 5.38. The quantitative estimate of drug-likeness (QED) is 0.909. The van der Waals surface area contributed by atoms with E-state index in [1.165, 1.54) is 16.9 Å². The van der Waals surface area contributed by atoms with Gasteiger partial charge in [0.15, 0.2) is 0 Å². The maximum Gasteiger partial charge on any atom is 0.0594 e. The third kappa shape index (κ3) is 3.51. The summed E-state index contributed by atoms with van der Waals surface area (Å²) >= 11 is 2.04. The fourth-order valence-corrected chi connectivity index (χ4v) is 3.91. The normalized spacial score (nSPS) is 24.1. The van der Waals surface area contributed by atoms with Crippen molar-refractivity contribution in [1.82, 2.24) is 10.2 Å². The van der Waals surface area contributed by atoms with Crippen LogP contribution in [0.25, 0.3) is 0 Å². The van der Waals surface area contributed by atoms with Crippen molar-refractivity contribution in [2.45, 2.75) is 11.8 Å². The Bertz CT molecular complexity index is 407. The number of rotatable bonds is 4. The lowest BCUT2D eigenvalue weighted by Crippen LogP contribution is -2.41. The van der Waals surface area contributed by atoms with Gasteiger partial charge in [0, 0.05) is 43.7 Å². The van der Waals surface area contributed by atoms with Crippen LogP contribution in [0, 0.1) is 0 Å². The number of fused-ring (bicyclic) bond motifs is 1. The number of nitrogens with zero attached hydrogens (tertiary/aromatic N) is 1. The summed E-state index contributed by atoms with van der Waals surface area (Å²) < 4.78 is 5.38. The highest BCUT2D eigenvalue weighted by Gasteiger charge is 2.19. The first-order valence-corrected chi connectivity index (χ1v) is 8.28. The second-order valence-corrected chi connectivity index (χ2v) is 6.20. The molecule has 1 atom stereocenters. The second-order valence-electron chi connectivity index (χ2n) is 5.17. The third-order valence-corrected chi connectivity index (χ3v) is 4.98. The van der Waals surface area contributed by atoms with Gasteiger partial charge >= 0.3 is 0 Å². The molecular formula is C15H22N2OS. The minimum Gasteiger partial charge on any atom is -0.379 e. The molecule has 1 fully saturated rings. The number of benzene rings is 1. The predicted octanol–water partition coefficient (Wildman–Crippen LogP) is 1.90. The van der Waals surface area contributed by atoms with E-state index in [1.54, 1.807) is 0 Å². The van der Waals surface area contributed by atoms with E-state index in [1.807, 2.05) is 11.8 Å². The Balaban J connectivity index is 1.50. The standard InChI is InChI=1S/C15H22N2OS/c1-2-4-14-13(3-1)11-19-12-15(14)16-5-6-17-7-9-18-10-8-17/h1-4,15-16H,5-12H2. The van der Waals surface area contributed by atoms with Crippen LogP contribution >= 0.6 is 11.8 Å². The van der Waals surface area contributed by atoms with E-state index >= 15 is 0 Å². The zero-order chi connectivity index (χ0) is 12.9. The second kappa shape index (κ2) is 6.75. The largest absolute Gasteiger partial charge is 0.379 e. The van der Waals surface area contributed by atoms with E-state index in [0.29, 0.717) is 6.04 Å². The van der Waals surface area contributed by atoms with Crippen LogP contribution in [0.5, 0.6) is 0 Å².